The largest absolute Gasteiger partial charge is 0.322 e. The second-order valence-corrected chi connectivity index (χ2v) is 8.32. The van der Waals surface area contributed by atoms with Crippen LogP contribution >= 0.6 is 12.4 Å². The molecule has 9 heteroatoms. The Morgan fingerprint density at radius 1 is 1.11 bits per heavy atom. The number of nitrogens with one attached hydrogen (secondary N) is 3. The Hall–Kier alpha value is -2.00. The Kier molecular flexibility index (Phi) is 7.94. The van der Waals surface area contributed by atoms with Gasteiger partial charge in [0.15, 0.2) is 0 Å². The zero-order chi connectivity index (χ0) is 19.3. The van der Waals surface area contributed by atoms with Crippen LogP contribution in [0.25, 0.3) is 0 Å². The summed E-state index contributed by atoms with van der Waals surface area (Å²) in [6.45, 7) is 2.20. The maximum atomic E-state index is 12.9. The third kappa shape index (κ3) is 6.00. The Balaban J connectivity index is 0.00000280. The molecule has 0 radical (unpaired) electrons. The van der Waals surface area contributed by atoms with E-state index in [4.69, 9.17) is 0 Å². The van der Waals surface area contributed by atoms with Gasteiger partial charge >= 0.3 is 0 Å². The molecule has 1 aliphatic rings. The first-order valence-electron chi connectivity index (χ1n) is 8.81. The van der Waals surface area contributed by atoms with Gasteiger partial charge in [-0.3, -0.25) is 4.79 Å². The van der Waals surface area contributed by atoms with Crippen molar-refractivity contribution in [3.05, 3.63) is 59.9 Å². The SMILES string of the molecule is Cl.O=C(Nc1ccc(S(=O)(=O)NCC2CCCNC2)cc1)c1ccc(F)cc1. The number of rotatable bonds is 6. The summed E-state index contributed by atoms with van der Waals surface area (Å²) in [7, 11) is -3.59. The molecule has 28 heavy (non-hydrogen) atoms. The average Bonchev–Trinajstić information content (AvgIpc) is 2.68. The lowest BCUT2D eigenvalue weighted by molar-refractivity contribution is 0.102. The summed E-state index contributed by atoms with van der Waals surface area (Å²) in [6.07, 6.45) is 2.05. The van der Waals surface area contributed by atoms with Crippen LogP contribution in [0.2, 0.25) is 0 Å². The van der Waals surface area contributed by atoms with Gasteiger partial charge in [-0.2, -0.15) is 0 Å². The van der Waals surface area contributed by atoms with Gasteiger partial charge in [0.1, 0.15) is 5.82 Å². The van der Waals surface area contributed by atoms with E-state index in [2.05, 4.69) is 15.4 Å². The summed E-state index contributed by atoms with van der Waals surface area (Å²) >= 11 is 0. The molecular weight excluding hydrogens is 405 g/mol. The van der Waals surface area contributed by atoms with Gasteiger partial charge in [-0.25, -0.2) is 17.5 Å². The van der Waals surface area contributed by atoms with Crippen LogP contribution in [0.5, 0.6) is 0 Å². The fourth-order valence-corrected chi connectivity index (χ4v) is 4.05. The molecule has 1 amide bonds. The predicted octanol–water partition coefficient (Wildman–Crippen LogP) is 2.78. The smallest absolute Gasteiger partial charge is 0.255 e. The summed E-state index contributed by atoms with van der Waals surface area (Å²) in [5.74, 6) is -0.519. The number of benzene rings is 2. The van der Waals surface area contributed by atoms with Crippen LogP contribution in [-0.2, 0) is 10.0 Å². The van der Waals surface area contributed by atoms with E-state index in [0.29, 0.717) is 23.7 Å². The van der Waals surface area contributed by atoms with Crippen LogP contribution < -0.4 is 15.4 Å². The van der Waals surface area contributed by atoms with Crippen molar-refractivity contribution < 1.29 is 17.6 Å². The second-order valence-electron chi connectivity index (χ2n) is 6.55. The molecule has 1 atom stereocenters. The molecule has 2 aromatic carbocycles. The Morgan fingerprint density at radius 2 is 1.79 bits per heavy atom. The number of sulfonamides is 1. The molecule has 152 valence electrons. The number of hydrogen-bond acceptors (Lipinski definition) is 4. The van der Waals surface area contributed by atoms with Gasteiger partial charge in [-0.15, -0.1) is 12.4 Å². The summed E-state index contributed by atoms with van der Waals surface area (Å²) in [6, 6.07) is 11.1. The minimum absolute atomic E-state index is 0. The van der Waals surface area contributed by atoms with Gasteiger partial charge in [-0.05, 0) is 80.4 Å². The molecule has 1 aliphatic heterocycles. The summed E-state index contributed by atoms with van der Waals surface area (Å²) < 4.78 is 40.4. The van der Waals surface area contributed by atoms with Gasteiger partial charge in [0.25, 0.3) is 5.91 Å². The number of carbonyl (C=O) groups excluding carboxylic acids is 1. The lowest BCUT2D eigenvalue weighted by atomic mass is 10.0. The molecule has 1 saturated heterocycles. The van der Waals surface area contributed by atoms with E-state index in [-0.39, 0.29) is 17.3 Å². The number of amides is 1. The van der Waals surface area contributed by atoms with Crippen molar-refractivity contribution in [3.8, 4) is 0 Å². The number of carbonyl (C=O) groups is 1. The first-order chi connectivity index (χ1) is 12.9. The Bertz CT molecular complexity index is 884. The van der Waals surface area contributed by atoms with Crippen molar-refractivity contribution >= 4 is 34.0 Å². The number of piperidine rings is 1. The number of anilines is 1. The monoisotopic (exact) mass is 427 g/mol. The molecule has 0 saturated carbocycles. The minimum atomic E-state index is -3.59. The van der Waals surface area contributed by atoms with Gasteiger partial charge in [0, 0.05) is 17.8 Å². The van der Waals surface area contributed by atoms with E-state index in [1.165, 1.54) is 48.5 Å². The summed E-state index contributed by atoms with van der Waals surface area (Å²) in [4.78, 5) is 12.3. The van der Waals surface area contributed by atoms with Crippen LogP contribution in [0.4, 0.5) is 10.1 Å². The normalized spacial score (nSPS) is 16.8. The highest BCUT2D eigenvalue weighted by Gasteiger charge is 2.18. The molecule has 0 spiro atoms. The van der Waals surface area contributed by atoms with Crippen LogP contribution in [0.3, 0.4) is 0 Å². The molecule has 1 fully saturated rings. The number of hydrogen-bond donors (Lipinski definition) is 3. The predicted molar refractivity (Wildman–Crippen MR) is 109 cm³/mol. The van der Waals surface area contributed by atoms with E-state index < -0.39 is 21.7 Å². The summed E-state index contributed by atoms with van der Waals surface area (Å²) in [5, 5.41) is 5.91. The molecule has 3 rings (SSSR count). The van der Waals surface area contributed by atoms with Gasteiger partial charge < -0.3 is 10.6 Å². The van der Waals surface area contributed by atoms with E-state index in [0.717, 1.165) is 25.9 Å². The van der Waals surface area contributed by atoms with Crippen molar-refractivity contribution in [2.75, 3.05) is 25.0 Å². The van der Waals surface area contributed by atoms with Crippen molar-refractivity contribution in [2.24, 2.45) is 5.92 Å². The molecule has 0 aliphatic carbocycles. The fraction of sp³-hybridized carbons (Fsp3) is 0.316. The summed E-state index contributed by atoms with van der Waals surface area (Å²) in [5.41, 5.74) is 0.774. The first-order valence-corrected chi connectivity index (χ1v) is 10.3. The molecule has 0 aromatic heterocycles. The minimum Gasteiger partial charge on any atom is -0.322 e. The van der Waals surface area contributed by atoms with Crippen LogP contribution in [-0.4, -0.2) is 34.0 Å². The molecule has 2 aromatic rings. The van der Waals surface area contributed by atoms with E-state index in [1.807, 2.05) is 0 Å². The van der Waals surface area contributed by atoms with Gasteiger partial charge in [-0.1, -0.05) is 0 Å². The topological polar surface area (TPSA) is 87.3 Å². The molecular formula is C19H23ClFN3O3S. The Labute approximate surface area is 170 Å². The standard InChI is InChI=1S/C19H22FN3O3S.ClH/c20-16-5-3-15(4-6-16)19(24)23-17-7-9-18(10-8-17)27(25,26)22-13-14-2-1-11-21-12-14;/h3-10,14,21-22H,1-2,11-13H2,(H,23,24);1H. The van der Waals surface area contributed by atoms with E-state index in [9.17, 15) is 17.6 Å². The van der Waals surface area contributed by atoms with Crippen LogP contribution in [0.15, 0.2) is 53.4 Å². The van der Waals surface area contributed by atoms with E-state index in [1.54, 1.807) is 0 Å². The molecule has 1 heterocycles. The fourth-order valence-electron chi connectivity index (χ4n) is 2.93. The van der Waals surface area contributed by atoms with Crippen molar-refractivity contribution in [1.29, 1.82) is 0 Å². The third-order valence-electron chi connectivity index (χ3n) is 4.49. The average molecular weight is 428 g/mol. The first kappa shape index (κ1) is 22.3. The van der Waals surface area contributed by atoms with Crippen LogP contribution in [0.1, 0.15) is 23.2 Å². The molecule has 1 unspecified atom stereocenters. The van der Waals surface area contributed by atoms with Crippen molar-refractivity contribution in [3.63, 3.8) is 0 Å². The third-order valence-corrected chi connectivity index (χ3v) is 5.93. The van der Waals surface area contributed by atoms with Gasteiger partial charge in [0.05, 0.1) is 4.90 Å². The van der Waals surface area contributed by atoms with Crippen LogP contribution in [0, 0.1) is 11.7 Å². The highest BCUT2D eigenvalue weighted by Crippen LogP contribution is 2.16. The van der Waals surface area contributed by atoms with E-state index >= 15 is 0 Å². The zero-order valence-corrected chi connectivity index (χ0v) is 16.8. The molecule has 0 bridgehead atoms. The van der Waals surface area contributed by atoms with Crippen molar-refractivity contribution in [1.82, 2.24) is 10.0 Å². The Morgan fingerprint density at radius 3 is 2.39 bits per heavy atom. The second kappa shape index (κ2) is 9.97. The molecule has 3 N–H and O–H groups in total. The van der Waals surface area contributed by atoms with Crippen molar-refractivity contribution in [2.45, 2.75) is 17.7 Å². The lowest BCUT2D eigenvalue weighted by Crippen LogP contribution is -2.38. The molecule has 6 nitrogen and oxygen atoms in total. The quantitative estimate of drug-likeness (QED) is 0.661. The number of halogens is 2. The highest BCUT2D eigenvalue weighted by atomic mass is 35.5. The maximum Gasteiger partial charge on any atom is 0.255 e. The lowest BCUT2D eigenvalue weighted by Gasteiger charge is -2.22. The maximum absolute atomic E-state index is 12.9. The van der Waals surface area contributed by atoms with Gasteiger partial charge in [0.2, 0.25) is 10.0 Å². The highest BCUT2D eigenvalue weighted by molar-refractivity contribution is 7.89. The zero-order valence-electron chi connectivity index (χ0n) is 15.2.